The fourth-order valence-corrected chi connectivity index (χ4v) is 6.29. The number of rotatable bonds is 5. The quantitative estimate of drug-likeness (QED) is 0.353. The summed E-state index contributed by atoms with van der Waals surface area (Å²) in [6.07, 6.45) is 0.874. The first-order chi connectivity index (χ1) is 18.2. The van der Waals surface area contributed by atoms with Crippen LogP contribution in [0.5, 0.6) is 0 Å². The number of hydrogen-bond acceptors (Lipinski definition) is 9. The van der Waals surface area contributed by atoms with E-state index in [0.29, 0.717) is 36.5 Å². The van der Waals surface area contributed by atoms with Crippen LogP contribution in [0.4, 0.5) is 10.2 Å². The molecule has 1 spiro atoms. The lowest BCUT2D eigenvalue weighted by Crippen LogP contribution is -2.58. The number of imidazole rings is 1. The summed E-state index contributed by atoms with van der Waals surface area (Å²) < 4.78 is 33.0. The summed E-state index contributed by atoms with van der Waals surface area (Å²) in [4.78, 5) is 39.3. The van der Waals surface area contributed by atoms with Crippen LogP contribution in [-0.2, 0) is 35.6 Å². The van der Waals surface area contributed by atoms with Gasteiger partial charge in [0.15, 0.2) is 35.4 Å². The van der Waals surface area contributed by atoms with Gasteiger partial charge in [0.25, 0.3) is 0 Å². The zero-order valence-electron chi connectivity index (χ0n) is 21.2. The highest BCUT2D eigenvalue weighted by Crippen LogP contribution is 2.48. The molecule has 0 radical (unpaired) electrons. The standard InChI is InChI=1S/C26H27ClFN5O5/c1-4-18-20(36-13(2)34)21(37-14(3)35)24(38-18)33-12-29-19-22(30-25(27)31-23(19)33)32-10-26(11-32)8-7-15-5-6-16(28)9-17(15)26/h5-6,9,12,18,20-21,24H,4,7-8,10-11H2,1-3H3/t18-,20?,21+,24-/m1/s1. The summed E-state index contributed by atoms with van der Waals surface area (Å²) in [6, 6.07) is 5.03. The largest absolute Gasteiger partial charge is 0.456 e. The van der Waals surface area contributed by atoms with Crippen molar-refractivity contribution in [3.63, 3.8) is 0 Å². The smallest absolute Gasteiger partial charge is 0.303 e. The second-order valence-electron chi connectivity index (χ2n) is 10.2. The number of aromatic nitrogens is 4. The predicted molar refractivity (Wildman–Crippen MR) is 134 cm³/mol. The van der Waals surface area contributed by atoms with E-state index >= 15 is 0 Å². The zero-order chi connectivity index (χ0) is 26.8. The molecule has 3 aromatic rings. The van der Waals surface area contributed by atoms with E-state index in [9.17, 15) is 14.0 Å². The predicted octanol–water partition coefficient (Wildman–Crippen LogP) is 3.49. The van der Waals surface area contributed by atoms with Crippen molar-refractivity contribution in [1.29, 1.82) is 0 Å². The molecule has 3 aliphatic rings. The normalized spacial score (nSPS) is 25.4. The summed E-state index contributed by atoms with van der Waals surface area (Å²) >= 11 is 6.38. The Morgan fingerprint density at radius 2 is 1.92 bits per heavy atom. The van der Waals surface area contributed by atoms with Crippen molar-refractivity contribution in [2.75, 3.05) is 18.0 Å². The summed E-state index contributed by atoms with van der Waals surface area (Å²) in [7, 11) is 0. The third-order valence-corrected chi connectivity index (χ3v) is 7.91. The molecule has 0 N–H and O–H groups in total. The van der Waals surface area contributed by atoms with Crippen molar-refractivity contribution in [3.05, 3.63) is 46.8 Å². The Hall–Kier alpha value is -3.31. The summed E-state index contributed by atoms with van der Waals surface area (Å²) in [5.41, 5.74) is 3.02. The molecule has 0 saturated carbocycles. The van der Waals surface area contributed by atoms with Crippen LogP contribution in [0.1, 0.15) is 51.0 Å². The lowest BCUT2D eigenvalue weighted by atomic mass is 9.74. The zero-order valence-corrected chi connectivity index (χ0v) is 21.9. The minimum atomic E-state index is -0.909. The molecule has 1 aliphatic carbocycles. The van der Waals surface area contributed by atoms with E-state index in [-0.39, 0.29) is 16.5 Å². The second kappa shape index (κ2) is 9.16. The molecule has 6 rings (SSSR count). The molecule has 1 unspecified atom stereocenters. The molecule has 1 aromatic carbocycles. The second-order valence-corrected chi connectivity index (χ2v) is 10.5. The molecule has 2 fully saturated rings. The topological polar surface area (TPSA) is 109 Å². The number of ether oxygens (including phenoxy) is 3. The molecule has 38 heavy (non-hydrogen) atoms. The van der Waals surface area contributed by atoms with E-state index in [1.807, 2.05) is 13.0 Å². The Bertz CT molecular complexity index is 1440. The molecule has 200 valence electrons. The number of halogens is 2. The molecular formula is C26H27ClFN5O5. The van der Waals surface area contributed by atoms with Crippen molar-refractivity contribution < 1.29 is 28.2 Å². The van der Waals surface area contributed by atoms with Gasteiger partial charge in [0.1, 0.15) is 11.9 Å². The van der Waals surface area contributed by atoms with E-state index in [0.717, 1.165) is 18.4 Å². The van der Waals surface area contributed by atoms with Crippen molar-refractivity contribution in [2.24, 2.45) is 0 Å². The van der Waals surface area contributed by atoms with Gasteiger partial charge in [-0.25, -0.2) is 9.37 Å². The Labute approximate surface area is 223 Å². The van der Waals surface area contributed by atoms with Crippen LogP contribution in [-0.4, -0.2) is 62.9 Å². The van der Waals surface area contributed by atoms with Gasteiger partial charge >= 0.3 is 11.9 Å². The van der Waals surface area contributed by atoms with Crippen LogP contribution < -0.4 is 4.90 Å². The van der Waals surface area contributed by atoms with Gasteiger partial charge in [-0.05, 0) is 54.1 Å². The average Bonchev–Trinajstić information content (AvgIpc) is 3.51. The lowest BCUT2D eigenvalue weighted by molar-refractivity contribution is -0.165. The number of nitrogens with zero attached hydrogens (tertiary/aromatic N) is 5. The first kappa shape index (κ1) is 25.0. The fourth-order valence-electron chi connectivity index (χ4n) is 6.13. The van der Waals surface area contributed by atoms with Gasteiger partial charge in [-0.3, -0.25) is 14.2 Å². The highest BCUT2D eigenvalue weighted by Gasteiger charge is 2.51. The summed E-state index contributed by atoms with van der Waals surface area (Å²) in [5.74, 6) is -0.696. The van der Waals surface area contributed by atoms with Crippen molar-refractivity contribution >= 4 is 40.5 Å². The number of carbonyl (C=O) groups excluding carboxylic acids is 2. The Balaban J connectivity index is 1.34. The molecule has 10 nitrogen and oxygen atoms in total. The van der Waals surface area contributed by atoms with Gasteiger partial charge in [0, 0.05) is 32.4 Å². The van der Waals surface area contributed by atoms with Gasteiger partial charge < -0.3 is 19.1 Å². The third-order valence-electron chi connectivity index (χ3n) is 7.74. The fraction of sp³-hybridized carbons (Fsp3) is 0.500. The maximum atomic E-state index is 14.0. The SMILES string of the molecule is CC[C@H]1O[C@@H](n2cnc3c(N4CC5(CCc6ccc(F)cc65)C4)nc(Cl)nc32)[C@@H](OC(C)=O)C1OC(C)=O. The van der Waals surface area contributed by atoms with Crippen LogP contribution in [0.2, 0.25) is 5.28 Å². The van der Waals surface area contributed by atoms with E-state index in [2.05, 4.69) is 19.9 Å². The van der Waals surface area contributed by atoms with Crippen molar-refractivity contribution in [2.45, 2.75) is 70.0 Å². The monoisotopic (exact) mass is 543 g/mol. The number of benzene rings is 1. The van der Waals surface area contributed by atoms with Crippen LogP contribution >= 0.6 is 11.6 Å². The number of anilines is 1. The van der Waals surface area contributed by atoms with E-state index in [4.69, 9.17) is 25.8 Å². The van der Waals surface area contributed by atoms with Crippen LogP contribution in [0.25, 0.3) is 11.2 Å². The van der Waals surface area contributed by atoms with E-state index in [1.54, 1.807) is 17.0 Å². The minimum Gasteiger partial charge on any atom is -0.456 e. The number of fused-ring (bicyclic) bond motifs is 3. The first-order valence-corrected chi connectivity index (χ1v) is 13.0. The minimum absolute atomic E-state index is 0.0266. The van der Waals surface area contributed by atoms with Crippen LogP contribution in [0.3, 0.4) is 0 Å². The maximum Gasteiger partial charge on any atom is 0.303 e. The highest BCUT2D eigenvalue weighted by atomic mass is 35.5. The van der Waals surface area contributed by atoms with E-state index in [1.165, 1.54) is 25.5 Å². The number of esters is 2. The van der Waals surface area contributed by atoms with Crippen LogP contribution in [0.15, 0.2) is 24.5 Å². The molecule has 12 heteroatoms. The van der Waals surface area contributed by atoms with Crippen molar-refractivity contribution in [1.82, 2.24) is 19.5 Å². The Morgan fingerprint density at radius 3 is 2.63 bits per heavy atom. The molecule has 2 saturated heterocycles. The molecule has 4 atom stereocenters. The third kappa shape index (κ3) is 3.99. The lowest BCUT2D eigenvalue weighted by Gasteiger charge is -2.49. The number of carbonyl (C=O) groups is 2. The Morgan fingerprint density at radius 1 is 1.18 bits per heavy atom. The summed E-state index contributed by atoms with van der Waals surface area (Å²) in [6.45, 7) is 5.79. The number of hydrogen-bond donors (Lipinski definition) is 0. The average molecular weight is 544 g/mol. The van der Waals surface area contributed by atoms with Gasteiger partial charge in [0.2, 0.25) is 5.28 Å². The first-order valence-electron chi connectivity index (χ1n) is 12.6. The van der Waals surface area contributed by atoms with E-state index < -0.39 is 36.5 Å². The van der Waals surface area contributed by atoms with Crippen LogP contribution in [0, 0.1) is 5.82 Å². The van der Waals surface area contributed by atoms with Gasteiger partial charge in [-0.1, -0.05) is 13.0 Å². The van der Waals surface area contributed by atoms with Crippen molar-refractivity contribution in [3.8, 4) is 0 Å². The molecule has 4 heterocycles. The summed E-state index contributed by atoms with van der Waals surface area (Å²) in [5, 5.41) is 0.0266. The highest BCUT2D eigenvalue weighted by molar-refractivity contribution is 6.28. The maximum absolute atomic E-state index is 14.0. The molecule has 2 aliphatic heterocycles. The number of aryl methyl sites for hydroxylation is 1. The molecule has 0 bridgehead atoms. The van der Waals surface area contributed by atoms with Gasteiger partial charge in [-0.15, -0.1) is 0 Å². The molecule has 0 amide bonds. The van der Waals surface area contributed by atoms with Gasteiger partial charge in [0.05, 0.1) is 6.33 Å². The molecular weight excluding hydrogens is 517 g/mol. The Kier molecular flexibility index (Phi) is 6.03. The molecule has 2 aromatic heterocycles. The van der Waals surface area contributed by atoms with Gasteiger partial charge in [-0.2, -0.15) is 9.97 Å².